The van der Waals surface area contributed by atoms with Crippen molar-refractivity contribution in [2.45, 2.75) is 38.0 Å². The summed E-state index contributed by atoms with van der Waals surface area (Å²) in [5, 5.41) is 3.25. The minimum absolute atomic E-state index is 0.511. The van der Waals surface area contributed by atoms with Gasteiger partial charge in [-0.2, -0.15) is 0 Å². The van der Waals surface area contributed by atoms with E-state index in [1.807, 2.05) is 7.05 Å². The molecule has 0 radical (unpaired) electrons. The lowest BCUT2D eigenvalue weighted by Crippen LogP contribution is -2.49. The molecule has 0 aromatic carbocycles. The average Bonchev–Trinajstić information content (AvgIpc) is 2.02. The van der Waals surface area contributed by atoms with E-state index < -0.39 is 0 Å². The van der Waals surface area contributed by atoms with Gasteiger partial charge < -0.3 is 15.0 Å². The number of rotatable bonds is 5. The van der Waals surface area contributed by atoms with Crippen molar-refractivity contribution in [1.82, 2.24) is 10.2 Å². The maximum atomic E-state index is 5.26. The van der Waals surface area contributed by atoms with E-state index in [9.17, 15) is 0 Å². The Balaban J connectivity index is 2.15. The van der Waals surface area contributed by atoms with E-state index in [-0.39, 0.29) is 0 Å². The molecule has 3 nitrogen and oxygen atoms in total. The zero-order chi connectivity index (χ0) is 9.84. The van der Waals surface area contributed by atoms with E-state index in [0.29, 0.717) is 12.1 Å². The highest BCUT2D eigenvalue weighted by Crippen LogP contribution is 2.26. The van der Waals surface area contributed by atoms with Gasteiger partial charge in [0.25, 0.3) is 0 Å². The molecular formula is C10H22N2O. The fourth-order valence-electron chi connectivity index (χ4n) is 1.76. The highest BCUT2D eigenvalue weighted by Gasteiger charge is 2.31. The minimum Gasteiger partial charge on any atom is -0.381 e. The van der Waals surface area contributed by atoms with E-state index in [1.54, 1.807) is 7.11 Å². The number of hydrogen-bond donors (Lipinski definition) is 1. The van der Waals surface area contributed by atoms with Crippen LogP contribution in [0.4, 0.5) is 0 Å². The van der Waals surface area contributed by atoms with Crippen LogP contribution in [0.1, 0.15) is 19.8 Å². The van der Waals surface area contributed by atoms with Crippen LogP contribution >= 0.6 is 0 Å². The third-order valence-electron chi connectivity index (χ3n) is 3.08. The summed E-state index contributed by atoms with van der Waals surface area (Å²) in [5.41, 5.74) is 0. The monoisotopic (exact) mass is 186 g/mol. The summed E-state index contributed by atoms with van der Waals surface area (Å²) in [7, 11) is 6.01. The van der Waals surface area contributed by atoms with E-state index in [4.69, 9.17) is 4.74 Å². The largest absolute Gasteiger partial charge is 0.381 e. The van der Waals surface area contributed by atoms with Crippen LogP contribution in [-0.4, -0.2) is 50.8 Å². The Bertz CT molecular complexity index is 146. The van der Waals surface area contributed by atoms with Crippen LogP contribution in [0, 0.1) is 0 Å². The van der Waals surface area contributed by atoms with Gasteiger partial charge in [-0.3, -0.25) is 0 Å². The summed E-state index contributed by atoms with van der Waals surface area (Å²) in [6, 6.07) is 1.31. The van der Waals surface area contributed by atoms with E-state index >= 15 is 0 Å². The maximum absolute atomic E-state index is 5.26. The van der Waals surface area contributed by atoms with Gasteiger partial charge in [-0.25, -0.2) is 0 Å². The van der Waals surface area contributed by atoms with Gasteiger partial charge in [-0.15, -0.1) is 0 Å². The summed E-state index contributed by atoms with van der Waals surface area (Å²) >= 11 is 0. The Labute approximate surface area is 81.4 Å². The van der Waals surface area contributed by atoms with Crippen LogP contribution in [0.2, 0.25) is 0 Å². The molecule has 1 rings (SSSR count). The normalized spacial score (nSPS) is 30.2. The molecule has 0 heterocycles. The average molecular weight is 186 g/mol. The van der Waals surface area contributed by atoms with Crippen molar-refractivity contribution in [3.05, 3.63) is 0 Å². The molecule has 1 N–H and O–H groups in total. The lowest BCUT2D eigenvalue weighted by atomic mass is 9.88. The molecule has 0 aromatic heterocycles. The number of likely N-dealkylation sites (N-methyl/N-ethyl adjacent to an activating group) is 2. The Hall–Kier alpha value is -0.120. The summed E-state index contributed by atoms with van der Waals surface area (Å²) in [6.07, 6.45) is 2.91. The number of methoxy groups -OCH3 is 1. The molecule has 0 bridgehead atoms. The molecule has 1 fully saturated rings. The standard InChI is InChI=1S/C10H22N2O/c1-8(11-2)7-12(3)9-5-10(6-9)13-4/h8-11H,5-7H2,1-4H3/t8-,9?,10?/m1/s1. The summed E-state index contributed by atoms with van der Waals surface area (Å²) < 4.78 is 5.26. The second-order valence-electron chi connectivity index (χ2n) is 4.11. The van der Waals surface area contributed by atoms with Gasteiger partial charge in [0, 0.05) is 25.7 Å². The maximum Gasteiger partial charge on any atom is 0.0601 e. The van der Waals surface area contributed by atoms with E-state index in [0.717, 1.165) is 12.6 Å². The molecule has 0 unspecified atom stereocenters. The zero-order valence-corrected chi connectivity index (χ0v) is 9.21. The van der Waals surface area contributed by atoms with Gasteiger partial charge in [0.05, 0.1) is 6.10 Å². The van der Waals surface area contributed by atoms with E-state index in [2.05, 4.69) is 24.2 Å². The van der Waals surface area contributed by atoms with Crippen LogP contribution < -0.4 is 5.32 Å². The van der Waals surface area contributed by atoms with Gasteiger partial charge >= 0.3 is 0 Å². The lowest BCUT2D eigenvalue weighted by Gasteiger charge is -2.41. The SMILES string of the molecule is CN[C@H](C)CN(C)C1CC(OC)C1. The van der Waals surface area contributed by atoms with Crippen molar-refractivity contribution >= 4 is 0 Å². The fraction of sp³-hybridized carbons (Fsp3) is 1.00. The highest BCUT2D eigenvalue weighted by molar-refractivity contribution is 4.87. The quantitative estimate of drug-likeness (QED) is 0.684. The Morgan fingerprint density at radius 3 is 2.62 bits per heavy atom. The van der Waals surface area contributed by atoms with Crippen LogP contribution in [0.5, 0.6) is 0 Å². The van der Waals surface area contributed by atoms with Crippen molar-refractivity contribution < 1.29 is 4.74 Å². The highest BCUT2D eigenvalue weighted by atomic mass is 16.5. The van der Waals surface area contributed by atoms with Gasteiger partial charge in [0.2, 0.25) is 0 Å². The molecule has 1 saturated carbocycles. The molecule has 0 aliphatic heterocycles. The molecule has 1 atom stereocenters. The van der Waals surface area contributed by atoms with Crippen molar-refractivity contribution in [3.63, 3.8) is 0 Å². The number of nitrogens with zero attached hydrogens (tertiary/aromatic N) is 1. The molecule has 13 heavy (non-hydrogen) atoms. The van der Waals surface area contributed by atoms with Crippen LogP contribution in [-0.2, 0) is 4.74 Å². The minimum atomic E-state index is 0.511. The molecule has 0 spiro atoms. The molecule has 1 aliphatic rings. The van der Waals surface area contributed by atoms with Crippen LogP contribution in [0.3, 0.4) is 0 Å². The van der Waals surface area contributed by atoms with Gasteiger partial charge in [-0.1, -0.05) is 0 Å². The number of nitrogens with one attached hydrogen (secondary N) is 1. The molecule has 78 valence electrons. The summed E-state index contributed by atoms with van der Waals surface area (Å²) in [4.78, 5) is 2.43. The number of hydrogen-bond acceptors (Lipinski definition) is 3. The molecule has 0 saturated heterocycles. The van der Waals surface area contributed by atoms with Gasteiger partial charge in [0.15, 0.2) is 0 Å². The first-order valence-corrected chi connectivity index (χ1v) is 5.07. The van der Waals surface area contributed by atoms with Crippen LogP contribution in [0.25, 0.3) is 0 Å². The van der Waals surface area contributed by atoms with Gasteiger partial charge in [-0.05, 0) is 33.9 Å². The number of ether oxygens (including phenoxy) is 1. The zero-order valence-electron chi connectivity index (χ0n) is 9.21. The topological polar surface area (TPSA) is 24.5 Å². The summed E-state index contributed by atoms with van der Waals surface area (Å²) in [6.45, 7) is 3.33. The first kappa shape index (κ1) is 11.0. The van der Waals surface area contributed by atoms with E-state index in [1.165, 1.54) is 12.8 Å². The lowest BCUT2D eigenvalue weighted by molar-refractivity contribution is -0.0208. The summed E-state index contributed by atoms with van der Waals surface area (Å²) in [5.74, 6) is 0. The molecule has 1 aliphatic carbocycles. The van der Waals surface area contributed by atoms with Crippen molar-refractivity contribution in [2.24, 2.45) is 0 Å². The van der Waals surface area contributed by atoms with Crippen LogP contribution in [0.15, 0.2) is 0 Å². The second kappa shape index (κ2) is 4.94. The fourth-order valence-corrected chi connectivity index (χ4v) is 1.76. The predicted octanol–water partition coefficient (Wildman–Crippen LogP) is 0.703. The Morgan fingerprint density at radius 1 is 1.54 bits per heavy atom. The van der Waals surface area contributed by atoms with Crippen molar-refractivity contribution in [2.75, 3.05) is 27.7 Å². The smallest absolute Gasteiger partial charge is 0.0601 e. The Kier molecular flexibility index (Phi) is 4.16. The first-order chi connectivity index (χ1) is 6.17. The third-order valence-corrected chi connectivity index (χ3v) is 3.08. The van der Waals surface area contributed by atoms with Gasteiger partial charge in [0.1, 0.15) is 0 Å². The predicted molar refractivity (Wildman–Crippen MR) is 55.0 cm³/mol. The second-order valence-corrected chi connectivity index (χ2v) is 4.11. The third kappa shape index (κ3) is 2.93. The first-order valence-electron chi connectivity index (χ1n) is 5.07. The Morgan fingerprint density at radius 2 is 2.15 bits per heavy atom. The molecule has 0 aromatic rings. The molecule has 0 amide bonds. The molecule has 3 heteroatoms. The molecular weight excluding hydrogens is 164 g/mol. The van der Waals surface area contributed by atoms with Crippen molar-refractivity contribution in [3.8, 4) is 0 Å². The van der Waals surface area contributed by atoms with Crippen molar-refractivity contribution in [1.29, 1.82) is 0 Å².